The molecule has 0 aromatic heterocycles. The average Bonchev–Trinajstić information content (AvgIpc) is 2.72. The second-order valence-electron chi connectivity index (χ2n) is 10.6. The first kappa shape index (κ1) is 28.6. The Morgan fingerprint density at radius 2 is 1.63 bits per heavy atom. The summed E-state index contributed by atoms with van der Waals surface area (Å²) in [5.74, 6) is 2.14. The lowest BCUT2D eigenvalue weighted by atomic mass is 9.92. The monoisotopic (exact) mass is 501 g/mol. The van der Waals surface area contributed by atoms with Crippen LogP contribution in [0.5, 0.6) is 17.2 Å². The predicted octanol–water partition coefficient (Wildman–Crippen LogP) is 7.00. The summed E-state index contributed by atoms with van der Waals surface area (Å²) in [7, 11) is 1.58. The second kappa shape index (κ2) is 12.3. The van der Waals surface area contributed by atoms with Gasteiger partial charge in [-0.15, -0.1) is 0 Å². The van der Waals surface area contributed by atoms with E-state index in [1.807, 2.05) is 45.0 Å². The molecule has 0 spiro atoms. The van der Waals surface area contributed by atoms with Crippen molar-refractivity contribution in [3.8, 4) is 17.2 Å². The Morgan fingerprint density at radius 3 is 2.23 bits per heavy atom. The molecule has 2 aromatic carbocycles. The predicted molar refractivity (Wildman–Crippen MR) is 144 cm³/mol. The molecular formula is C28H39NO5S. The van der Waals surface area contributed by atoms with Crippen LogP contribution in [0.3, 0.4) is 0 Å². The molecule has 0 aliphatic carbocycles. The van der Waals surface area contributed by atoms with Gasteiger partial charge < -0.3 is 19.5 Å². The topological polar surface area (TPSA) is 73.9 Å². The summed E-state index contributed by atoms with van der Waals surface area (Å²) >= 11 is 1.79. The summed E-state index contributed by atoms with van der Waals surface area (Å²) in [5.41, 5.74) is 2.37. The van der Waals surface area contributed by atoms with Gasteiger partial charge in [-0.1, -0.05) is 47.6 Å². The van der Waals surface area contributed by atoms with Crippen molar-refractivity contribution in [1.29, 1.82) is 0 Å². The van der Waals surface area contributed by atoms with Crippen molar-refractivity contribution in [1.82, 2.24) is 0 Å². The van der Waals surface area contributed by atoms with E-state index in [1.165, 1.54) is 0 Å². The maximum Gasteiger partial charge on any atom is 0.310 e. The summed E-state index contributed by atoms with van der Waals surface area (Å²) in [4.78, 5) is 24.4. The Morgan fingerprint density at radius 1 is 0.943 bits per heavy atom. The molecule has 2 rings (SSSR count). The lowest BCUT2D eigenvalue weighted by Gasteiger charge is -2.21. The van der Waals surface area contributed by atoms with Crippen LogP contribution < -0.4 is 14.8 Å². The number of carbonyl (C=O) groups is 2. The van der Waals surface area contributed by atoms with Gasteiger partial charge in [0.2, 0.25) is 5.91 Å². The Bertz CT molecular complexity index is 1020. The van der Waals surface area contributed by atoms with E-state index >= 15 is 0 Å². The first-order valence-electron chi connectivity index (χ1n) is 11.9. The smallest absolute Gasteiger partial charge is 0.310 e. The molecule has 0 heterocycles. The van der Waals surface area contributed by atoms with Gasteiger partial charge in [0.25, 0.3) is 0 Å². The van der Waals surface area contributed by atoms with Gasteiger partial charge in [0.1, 0.15) is 5.75 Å². The van der Waals surface area contributed by atoms with Gasteiger partial charge in [-0.3, -0.25) is 9.59 Å². The molecule has 0 aliphatic heterocycles. The van der Waals surface area contributed by atoms with E-state index in [4.69, 9.17) is 14.2 Å². The fourth-order valence-electron chi connectivity index (χ4n) is 3.26. The van der Waals surface area contributed by atoms with E-state index in [-0.39, 0.29) is 28.5 Å². The molecule has 0 unspecified atom stereocenters. The van der Waals surface area contributed by atoms with Crippen molar-refractivity contribution in [3.63, 3.8) is 0 Å². The van der Waals surface area contributed by atoms with Crippen molar-refractivity contribution in [3.05, 3.63) is 47.5 Å². The third kappa shape index (κ3) is 10.2. The van der Waals surface area contributed by atoms with E-state index in [0.29, 0.717) is 36.0 Å². The first-order chi connectivity index (χ1) is 16.3. The quantitative estimate of drug-likeness (QED) is 0.353. The molecular weight excluding hydrogens is 462 g/mol. The van der Waals surface area contributed by atoms with E-state index in [9.17, 15) is 9.59 Å². The SMILES string of the molecule is CCOC(=O)Cc1ccc(OC)c(Oc2ccc(NC(=O)CC(C)(C)C)cc2CSC(C)(C)C)c1. The second-order valence-corrected chi connectivity index (χ2v) is 12.4. The lowest BCUT2D eigenvalue weighted by molar-refractivity contribution is -0.142. The Kier molecular flexibility index (Phi) is 10.1. The molecule has 0 saturated carbocycles. The van der Waals surface area contributed by atoms with Crippen LogP contribution in [0.4, 0.5) is 5.69 Å². The minimum atomic E-state index is -0.291. The number of carbonyl (C=O) groups excluding carboxylic acids is 2. The van der Waals surface area contributed by atoms with E-state index in [2.05, 4.69) is 26.1 Å². The summed E-state index contributed by atoms with van der Waals surface area (Å²) in [6.45, 7) is 14.7. The highest BCUT2D eigenvalue weighted by Crippen LogP contribution is 2.38. The van der Waals surface area contributed by atoms with Gasteiger partial charge in [0.15, 0.2) is 11.5 Å². The zero-order valence-corrected chi connectivity index (χ0v) is 23.1. The van der Waals surface area contributed by atoms with Gasteiger partial charge in [-0.25, -0.2) is 0 Å². The number of amides is 1. The number of benzene rings is 2. The Labute approximate surface area is 214 Å². The normalized spacial score (nSPS) is 11.7. The van der Waals surface area contributed by atoms with E-state index in [1.54, 1.807) is 37.9 Å². The Balaban J connectivity index is 2.35. The minimum Gasteiger partial charge on any atom is -0.493 e. The highest BCUT2D eigenvalue weighted by Gasteiger charge is 2.19. The molecule has 0 radical (unpaired) electrons. The van der Waals surface area contributed by atoms with E-state index in [0.717, 1.165) is 16.8 Å². The highest BCUT2D eigenvalue weighted by atomic mass is 32.2. The number of methoxy groups -OCH3 is 1. The highest BCUT2D eigenvalue weighted by molar-refractivity contribution is 7.99. The molecule has 1 N–H and O–H groups in total. The van der Waals surface area contributed by atoms with Crippen LogP contribution in [0.25, 0.3) is 0 Å². The van der Waals surface area contributed by atoms with Crippen molar-refractivity contribution < 1.29 is 23.8 Å². The summed E-state index contributed by atoms with van der Waals surface area (Å²) < 4.78 is 16.9. The third-order valence-corrected chi connectivity index (χ3v) is 6.12. The molecule has 1 amide bonds. The van der Waals surface area contributed by atoms with Gasteiger partial charge >= 0.3 is 5.97 Å². The van der Waals surface area contributed by atoms with Crippen LogP contribution in [-0.2, 0) is 26.5 Å². The van der Waals surface area contributed by atoms with Gasteiger partial charge in [0, 0.05) is 28.2 Å². The number of rotatable bonds is 10. The number of hydrogen-bond donors (Lipinski definition) is 1. The zero-order chi connectivity index (χ0) is 26.2. The molecule has 0 fully saturated rings. The fourth-order valence-corrected chi connectivity index (χ4v) is 4.07. The number of esters is 1. The van der Waals surface area contributed by atoms with Gasteiger partial charge in [-0.2, -0.15) is 11.8 Å². The molecule has 0 atom stereocenters. The average molecular weight is 502 g/mol. The van der Waals surface area contributed by atoms with Crippen LogP contribution in [0.1, 0.15) is 66.0 Å². The van der Waals surface area contributed by atoms with Crippen LogP contribution in [0.2, 0.25) is 0 Å². The zero-order valence-electron chi connectivity index (χ0n) is 22.2. The molecule has 0 bridgehead atoms. The van der Waals surface area contributed by atoms with Crippen LogP contribution in [0, 0.1) is 5.41 Å². The molecule has 0 saturated heterocycles. The van der Waals surface area contributed by atoms with Crippen LogP contribution >= 0.6 is 11.8 Å². The van der Waals surface area contributed by atoms with Gasteiger partial charge in [0.05, 0.1) is 20.1 Å². The molecule has 192 valence electrons. The summed E-state index contributed by atoms with van der Waals surface area (Å²) in [6.07, 6.45) is 0.585. The van der Waals surface area contributed by atoms with Crippen molar-refractivity contribution in [2.45, 2.75) is 71.8 Å². The minimum absolute atomic E-state index is 0.0195. The lowest BCUT2D eigenvalue weighted by Crippen LogP contribution is -2.19. The number of ether oxygens (including phenoxy) is 3. The molecule has 35 heavy (non-hydrogen) atoms. The van der Waals surface area contributed by atoms with Crippen molar-refractivity contribution >= 4 is 29.3 Å². The van der Waals surface area contributed by atoms with Crippen LogP contribution in [-0.4, -0.2) is 30.3 Å². The first-order valence-corrected chi connectivity index (χ1v) is 12.9. The van der Waals surface area contributed by atoms with Gasteiger partial charge in [-0.05, 0) is 48.2 Å². The van der Waals surface area contributed by atoms with E-state index < -0.39 is 0 Å². The fraction of sp³-hybridized carbons (Fsp3) is 0.500. The largest absolute Gasteiger partial charge is 0.493 e. The standard InChI is InChI=1S/C28H39NO5S/c1-9-33-26(31)15-19-10-12-23(32-8)24(14-19)34-22-13-11-21(29-25(30)17-27(2,3)4)16-20(22)18-35-28(5,6)7/h10-14,16H,9,15,17-18H2,1-8H3,(H,29,30). The Hall–Kier alpha value is -2.67. The molecule has 6 nitrogen and oxygen atoms in total. The van der Waals surface area contributed by atoms with Crippen LogP contribution in [0.15, 0.2) is 36.4 Å². The molecule has 7 heteroatoms. The maximum atomic E-state index is 12.5. The summed E-state index contributed by atoms with van der Waals surface area (Å²) in [6, 6.07) is 11.1. The number of nitrogens with one attached hydrogen (secondary N) is 1. The maximum absolute atomic E-state index is 12.5. The number of thioether (sulfide) groups is 1. The third-order valence-electron chi connectivity index (χ3n) is 4.80. The van der Waals surface area contributed by atoms with Crippen molar-refractivity contribution in [2.75, 3.05) is 19.0 Å². The summed E-state index contributed by atoms with van der Waals surface area (Å²) in [5, 5.41) is 3.01. The number of hydrogen-bond acceptors (Lipinski definition) is 6. The molecule has 2 aromatic rings. The molecule has 0 aliphatic rings. The van der Waals surface area contributed by atoms with Crippen molar-refractivity contribution in [2.24, 2.45) is 5.41 Å². The number of anilines is 1.